The maximum Gasteiger partial charge on any atom is 0.334 e. The summed E-state index contributed by atoms with van der Waals surface area (Å²) < 4.78 is 2.32. The number of piperidine rings is 1. The van der Waals surface area contributed by atoms with Crippen LogP contribution in [0.3, 0.4) is 0 Å². The van der Waals surface area contributed by atoms with E-state index in [1.165, 1.54) is 4.57 Å². The molecule has 1 saturated heterocycles. The number of carbonyl (C=O) groups is 2. The van der Waals surface area contributed by atoms with E-state index in [2.05, 4.69) is 5.32 Å². The monoisotopic (exact) mass is 445 g/mol. The molecule has 2 saturated carbocycles. The Hall–Kier alpha value is -2.91. The highest BCUT2D eigenvalue weighted by Crippen LogP contribution is 2.65. The van der Waals surface area contributed by atoms with Crippen molar-refractivity contribution in [2.24, 2.45) is 16.6 Å². The maximum atomic E-state index is 13.1. The molecule has 0 unspecified atom stereocenters. The average Bonchev–Trinajstić information content (AvgIpc) is 2.67. The van der Waals surface area contributed by atoms with E-state index >= 15 is 0 Å². The summed E-state index contributed by atoms with van der Waals surface area (Å²) in [4.78, 5) is 49.8. The maximum absolute atomic E-state index is 13.1. The van der Waals surface area contributed by atoms with E-state index in [1.54, 1.807) is 0 Å². The Morgan fingerprint density at radius 1 is 1.12 bits per heavy atom. The number of nitrogens with one attached hydrogen (secondary N) is 2. The number of rotatable bonds is 5. The van der Waals surface area contributed by atoms with E-state index in [0.717, 1.165) is 36.7 Å². The fourth-order valence-corrected chi connectivity index (χ4v) is 6.34. The lowest BCUT2D eigenvalue weighted by Crippen LogP contribution is -2.56. The van der Waals surface area contributed by atoms with Gasteiger partial charge in [-0.25, -0.2) is 4.79 Å². The van der Waals surface area contributed by atoms with Gasteiger partial charge in [0.05, 0.1) is 0 Å². The van der Waals surface area contributed by atoms with Crippen LogP contribution in [-0.4, -0.2) is 31.9 Å². The van der Waals surface area contributed by atoms with Crippen molar-refractivity contribution >= 4 is 17.6 Å². The third-order valence-corrected chi connectivity index (χ3v) is 7.58. The molecular formula is C22H31N5O5. The van der Waals surface area contributed by atoms with Gasteiger partial charge in [0.1, 0.15) is 11.4 Å². The van der Waals surface area contributed by atoms with Gasteiger partial charge in [0.25, 0.3) is 5.56 Å². The van der Waals surface area contributed by atoms with Gasteiger partial charge in [-0.3, -0.25) is 34.2 Å². The third-order valence-electron chi connectivity index (χ3n) is 7.58. The van der Waals surface area contributed by atoms with Crippen LogP contribution in [0.5, 0.6) is 5.88 Å². The molecule has 0 bridgehead atoms. The van der Waals surface area contributed by atoms with Crippen molar-refractivity contribution in [1.29, 1.82) is 5.41 Å². The van der Waals surface area contributed by atoms with Crippen LogP contribution in [0.2, 0.25) is 0 Å². The molecule has 10 heteroatoms. The van der Waals surface area contributed by atoms with Crippen molar-refractivity contribution in [1.82, 2.24) is 14.5 Å². The van der Waals surface area contributed by atoms with Gasteiger partial charge in [-0.2, -0.15) is 0 Å². The van der Waals surface area contributed by atoms with Crippen LogP contribution >= 0.6 is 0 Å². The number of unbranched alkanes of at least 4 members (excludes halogenated alkanes) is 1. The second-order valence-electron chi connectivity index (χ2n) is 9.98. The quantitative estimate of drug-likeness (QED) is 0.302. The average molecular weight is 446 g/mol. The van der Waals surface area contributed by atoms with Crippen LogP contribution in [0.1, 0.15) is 82.7 Å². The Morgan fingerprint density at radius 2 is 1.72 bits per heavy atom. The molecule has 2 amide bonds. The van der Waals surface area contributed by atoms with Crippen LogP contribution in [0.25, 0.3) is 0 Å². The molecule has 5 N–H and O–H groups in total. The SMILES string of the molecule is CCCCn1c(O)c(C(=N)N)c(=O)n(C2CCC3(CC2)CC2(CC(=O)NC(=O)C2)C3)c1=O. The lowest BCUT2D eigenvalue weighted by Gasteiger charge is -2.59. The molecule has 2 heterocycles. The fourth-order valence-electron chi connectivity index (χ4n) is 6.34. The molecular weight excluding hydrogens is 414 g/mol. The summed E-state index contributed by atoms with van der Waals surface area (Å²) in [6.07, 6.45) is 6.66. The van der Waals surface area contributed by atoms with Gasteiger partial charge in [0, 0.05) is 25.4 Å². The number of imide groups is 1. The lowest BCUT2D eigenvalue weighted by molar-refractivity contribution is -0.151. The summed E-state index contributed by atoms with van der Waals surface area (Å²) in [5.41, 5.74) is 3.77. The van der Waals surface area contributed by atoms with Gasteiger partial charge in [0.15, 0.2) is 0 Å². The van der Waals surface area contributed by atoms with E-state index < -0.39 is 23.0 Å². The number of nitrogens with two attached hydrogens (primary N) is 1. The molecule has 32 heavy (non-hydrogen) atoms. The lowest BCUT2D eigenvalue weighted by atomic mass is 9.46. The summed E-state index contributed by atoms with van der Waals surface area (Å²) in [5, 5.41) is 20.6. The molecule has 0 radical (unpaired) electrons. The van der Waals surface area contributed by atoms with Gasteiger partial charge >= 0.3 is 5.69 Å². The smallest absolute Gasteiger partial charge is 0.334 e. The van der Waals surface area contributed by atoms with Crippen LogP contribution in [0.15, 0.2) is 9.59 Å². The van der Waals surface area contributed by atoms with Crippen molar-refractivity contribution in [3.05, 3.63) is 26.4 Å². The Bertz CT molecular complexity index is 1070. The molecule has 3 fully saturated rings. The molecule has 1 aromatic rings. The highest BCUT2D eigenvalue weighted by atomic mass is 16.3. The largest absolute Gasteiger partial charge is 0.494 e. The Kier molecular flexibility index (Phi) is 5.50. The molecule has 4 rings (SSSR count). The standard InChI is InChI=1S/C22H31N5O5/c1-2-3-8-26-18(30)16(17(23)24)19(31)27(20(26)32)13-4-6-21(7-5-13)11-22(12-21)9-14(28)25-15(29)10-22/h13,30H,2-12H2,1H3,(H3,23,24)(H,25,28,29). The summed E-state index contributed by atoms with van der Waals surface area (Å²) in [6, 6.07) is -0.333. The van der Waals surface area contributed by atoms with E-state index in [0.29, 0.717) is 32.1 Å². The van der Waals surface area contributed by atoms with E-state index in [9.17, 15) is 24.3 Å². The number of aromatic hydroxyl groups is 1. The van der Waals surface area contributed by atoms with Crippen LogP contribution < -0.4 is 22.3 Å². The Labute approximate surface area is 185 Å². The number of amidine groups is 1. The molecule has 2 spiro atoms. The summed E-state index contributed by atoms with van der Waals surface area (Å²) >= 11 is 0. The first-order chi connectivity index (χ1) is 15.1. The first-order valence-electron chi connectivity index (χ1n) is 11.4. The molecule has 174 valence electrons. The number of hydrogen-bond acceptors (Lipinski definition) is 6. The zero-order valence-electron chi connectivity index (χ0n) is 18.4. The van der Waals surface area contributed by atoms with Crippen LogP contribution in [-0.2, 0) is 16.1 Å². The highest BCUT2D eigenvalue weighted by molar-refractivity contribution is 5.98. The Balaban J connectivity index is 1.56. The fraction of sp³-hybridized carbons (Fsp3) is 0.682. The van der Waals surface area contributed by atoms with Crippen LogP contribution in [0, 0.1) is 16.2 Å². The zero-order chi connectivity index (χ0) is 23.3. The molecule has 10 nitrogen and oxygen atoms in total. The summed E-state index contributed by atoms with van der Waals surface area (Å²) in [5.74, 6) is -1.50. The molecule has 3 aliphatic rings. The number of hydrogen-bond donors (Lipinski definition) is 4. The molecule has 1 aliphatic heterocycles. The van der Waals surface area contributed by atoms with E-state index in [1.807, 2.05) is 6.92 Å². The minimum atomic E-state index is -0.715. The van der Waals surface area contributed by atoms with Crippen molar-refractivity contribution < 1.29 is 14.7 Å². The van der Waals surface area contributed by atoms with Crippen molar-refractivity contribution in [3.8, 4) is 5.88 Å². The molecule has 1 aromatic heterocycles. The van der Waals surface area contributed by atoms with Gasteiger partial charge < -0.3 is 10.8 Å². The van der Waals surface area contributed by atoms with Crippen LogP contribution in [0.4, 0.5) is 0 Å². The summed E-state index contributed by atoms with van der Waals surface area (Å²) in [7, 11) is 0. The number of nitrogen functional groups attached to an aromatic ring is 1. The number of aromatic nitrogens is 2. The molecule has 0 aromatic carbocycles. The van der Waals surface area contributed by atoms with Gasteiger partial charge in [-0.05, 0) is 55.8 Å². The minimum Gasteiger partial charge on any atom is -0.494 e. The Morgan fingerprint density at radius 3 is 2.25 bits per heavy atom. The van der Waals surface area contributed by atoms with E-state index in [4.69, 9.17) is 11.1 Å². The molecule has 2 aliphatic carbocycles. The first-order valence-corrected chi connectivity index (χ1v) is 11.4. The second-order valence-corrected chi connectivity index (χ2v) is 9.98. The zero-order valence-corrected chi connectivity index (χ0v) is 18.4. The normalized spacial score (nSPS) is 22.0. The van der Waals surface area contributed by atoms with E-state index in [-0.39, 0.29) is 40.8 Å². The topological polar surface area (TPSA) is 160 Å². The van der Waals surface area contributed by atoms with Crippen molar-refractivity contribution in [2.45, 2.75) is 83.7 Å². The van der Waals surface area contributed by atoms with Gasteiger partial charge in [0.2, 0.25) is 17.7 Å². The minimum absolute atomic E-state index is 0.0412. The van der Waals surface area contributed by atoms with Crippen molar-refractivity contribution in [2.75, 3.05) is 0 Å². The predicted octanol–water partition coefficient (Wildman–Crippen LogP) is 1.12. The number of carbonyl (C=O) groups excluding carboxylic acids is 2. The van der Waals surface area contributed by atoms with Crippen molar-refractivity contribution in [3.63, 3.8) is 0 Å². The second kappa shape index (κ2) is 7.90. The van der Waals surface area contributed by atoms with Gasteiger partial charge in [-0.15, -0.1) is 0 Å². The summed E-state index contributed by atoms with van der Waals surface area (Å²) in [6.45, 7) is 2.20. The third kappa shape index (κ3) is 3.65. The predicted molar refractivity (Wildman–Crippen MR) is 117 cm³/mol. The molecule has 0 atom stereocenters. The van der Waals surface area contributed by atoms with Gasteiger partial charge in [-0.1, -0.05) is 13.3 Å². The number of amides is 2. The number of nitrogens with zero attached hydrogens (tertiary/aromatic N) is 2. The first kappa shape index (κ1) is 22.3. The highest BCUT2D eigenvalue weighted by Gasteiger charge is 2.57.